The summed E-state index contributed by atoms with van der Waals surface area (Å²) in [6.07, 6.45) is 0.678. The summed E-state index contributed by atoms with van der Waals surface area (Å²) in [5, 5.41) is 19.3. The number of benzene rings is 1. The first-order valence-electron chi connectivity index (χ1n) is 7.90. The largest absolute Gasteiger partial charge is 0.503 e. The van der Waals surface area contributed by atoms with Gasteiger partial charge in [-0.1, -0.05) is 44.2 Å². The Bertz CT molecular complexity index is 607. The van der Waals surface area contributed by atoms with Gasteiger partial charge >= 0.3 is 0 Å². The van der Waals surface area contributed by atoms with Crippen LogP contribution in [0.3, 0.4) is 0 Å². The SMILES string of the molecule is CC(C)CC(=O)C1=C(O)C(=O)N(CCCO)C1c1ccccc1. The van der Waals surface area contributed by atoms with Gasteiger partial charge in [-0.2, -0.15) is 0 Å². The summed E-state index contributed by atoms with van der Waals surface area (Å²) < 4.78 is 0. The van der Waals surface area contributed by atoms with E-state index < -0.39 is 17.7 Å². The van der Waals surface area contributed by atoms with E-state index >= 15 is 0 Å². The molecule has 0 spiro atoms. The van der Waals surface area contributed by atoms with Crippen LogP contribution in [0.15, 0.2) is 41.7 Å². The fourth-order valence-corrected chi connectivity index (χ4v) is 2.87. The van der Waals surface area contributed by atoms with Crippen molar-refractivity contribution >= 4 is 11.7 Å². The second-order valence-electron chi connectivity index (χ2n) is 6.17. The van der Waals surface area contributed by atoms with Gasteiger partial charge in [0.2, 0.25) is 0 Å². The van der Waals surface area contributed by atoms with Crippen molar-refractivity contribution in [1.29, 1.82) is 0 Å². The number of carbonyl (C=O) groups excluding carboxylic acids is 2. The topological polar surface area (TPSA) is 77.8 Å². The van der Waals surface area contributed by atoms with Crippen molar-refractivity contribution in [2.45, 2.75) is 32.7 Å². The van der Waals surface area contributed by atoms with Gasteiger partial charge in [0.05, 0.1) is 11.6 Å². The first-order valence-corrected chi connectivity index (χ1v) is 7.90. The van der Waals surface area contributed by atoms with E-state index in [1.807, 2.05) is 44.2 Å². The van der Waals surface area contributed by atoms with E-state index in [-0.39, 0.29) is 36.8 Å². The molecule has 0 radical (unpaired) electrons. The van der Waals surface area contributed by atoms with Crippen LogP contribution in [0.4, 0.5) is 0 Å². The van der Waals surface area contributed by atoms with E-state index in [0.717, 1.165) is 5.56 Å². The first kappa shape index (κ1) is 17.2. The summed E-state index contributed by atoms with van der Waals surface area (Å²) in [6, 6.07) is 8.63. The molecule has 1 aliphatic heterocycles. The maximum absolute atomic E-state index is 12.6. The summed E-state index contributed by atoms with van der Waals surface area (Å²) in [5.41, 5.74) is 0.961. The lowest BCUT2D eigenvalue weighted by Gasteiger charge is -2.26. The average Bonchev–Trinajstić information content (AvgIpc) is 2.77. The molecule has 0 saturated heterocycles. The van der Waals surface area contributed by atoms with Gasteiger partial charge < -0.3 is 15.1 Å². The minimum absolute atomic E-state index is 0.0542. The summed E-state index contributed by atoms with van der Waals surface area (Å²) >= 11 is 0. The monoisotopic (exact) mass is 317 g/mol. The Morgan fingerprint density at radius 2 is 1.91 bits per heavy atom. The molecule has 5 nitrogen and oxygen atoms in total. The van der Waals surface area contributed by atoms with E-state index in [9.17, 15) is 14.7 Å². The molecule has 1 atom stereocenters. The smallest absolute Gasteiger partial charge is 0.290 e. The second-order valence-corrected chi connectivity index (χ2v) is 6.17. The van der Waals surface area contributed by atoms with Crippen molar-refractivity contribution < 1.29 is 19.8 Å². The molecular formula is C18H23NO4. The van der Waals surface area contributed by atoms with Crippen molar-refractivity contribution in [3.05, 3.63) is 47.2 Å². The molecular weight excluding hydrogens is 294 g/mol. The molecule has 124 valence electrons. The van der Waals surface area contributed by atoms with Crippen molar-refractivity contribution in [2.75, 3.05) is 13.2 Å². The Morgan fingerprint density at radius 3 is 2.48 bits per heavy atom. The Kier molecular flexibility index (Phi) is 5.55. The minimum Gasteiger partial charge on any atom is -0.503 e. The molecule has 0 aliphatic carbocycles. The molecule has 1 unspecified atom stereocenters. The molecule has 0 fully saturated rings. The highest BCUT2D eigenvalue weighted by atomic mass is 16.3. The molecule has 2 N–H and O–H groups in total. The molecule has 5 heteroatoms. The van der Waals surface area contributed by atoms with Crippen LogP contribution in [-0.4, -0.2) is 40.0 Å². The van der Waals surface area contributed by atoms with E-state index in [2.05, 4.69) is 0 Å². The lowest BCUT2D eigenvalue weighted by Crippen LogP contribution is -2.32. The van der Waals surface area contributed by atoms with Gasteiger partial charge in [-0.3, -0.25) is 9.59 Å². The number of Topliss-reactive ketones (excluding diaryl/α,β-unsaturated/α-hetero) is 1. The van der Waals surface area contributed by atoms with Crippen LogP contribution in [0.1, 0.15) is 38.3 Å². The lowest BCUT2D eigenvalue weighted by molar-refractivity contribution is -0.129. The lowest BCUT2D eigenvalue weighted by atomic mass is 9.92. The zero-order chi connectivity index (χ0) is 17.0. The summed E-state index contributed by atoms with van der Waals surface area (Å²) in [7, 11) is 0. The predicted molar refractivity (Wildman–Crippen MR) is 86.7 cm³/mol. The highest BCUT2D eigenvalue weighted by molar-refractivity contribution is 6.09. The van der Waals surface area contributed by atoms with Gasteiger partial charge in [-0.15, -0.1) is 0 Å². The first-order chi connectivity index (χ1) is 11.0. The minimum atomic E-state index is -0.582. The molecule has 1 aromatic carbocycles. The number of amides is 1. The van der Waals surface area contributed by atoms with Crippen LogP contribution in [0.5, 0.6) is 0 Å². The van der Waals surface area contributed by atoms with Crippen LogP contribution < -0.4 is 0 Å². The van der Waals surface area contributed by atoms with Gasteiger partial charge in [-0.05, 0) is 17.9 Å². The van der Waals surface area contributed by atoms with Gasteiger partial charge in [0.15, 0.2) is 11.5 Å². The van der Waals surface area contributed by atoms with E-state index in [4.69, 9.17) is 5.11 Å². The van der Waals surface area contributed by atoms with Crippen molar-refractivity contribution in [3.63, 3.8) is 0 Å². The highest BCUT2D eigenvalue weighted by Crippen LogP contribution is 2.38. The Labute approximate surface area is 136 Å². The summed E-state index contributed by atoms with van der Waals surface area (Å²) in [4.78, 5) is 26.4. The Hall–Kier alpha value is -2.14. The molecule has 0 aromatic heterocycles. The molecule has 23 heavy (non-hydrogen) atoms. The summed E-state index contributed by atoms with van der Waals surface area (Å²) in [6.45, 7) is 4.08. The van der Waals surface area contributed by atoms with Crippen molar-refractivity contribution in [3.8, 4) is 0 Å². The Morgan fingerprint density at radius 1 is 1.26 bits per heavy atom. The van der Waals surface area contributed by atoms with Crippen molar-refractivity contribution in [2.24, 2.45) is 5.92 Å². The zero-order valence-corrected chi connectivity index (χ0v) is 13.5. The quantitative estimate of drug-likeness (QED) is 0.809. The number of carbonyl (C=O) groups is 2. The van der Waals surface area contributed by atoms with Gasteiger partial charge in [0.25, 0.3) is 5.91 Å². The molecule has 1 heterocycles. The van der Waals surface area contributed by atoms with Crippen LogP contribution in [0.2, 0.25) is 0 Å². The third-order valence-electron chi connectivity index (χ3n) is 3.87. The number of aliphatic hydroxyl groups excluding tert-OH is 2. The second kappa shape index (κ2) is 7.42. The molecule has 1 aliphatic rings. The number of hydrogen-bond acceptors (Lipinski definition) is 4. The molecule has 0 bridgehead atoms. The van der Waals surface area contributed by atoms with Gasteiger partial charge in [-0.25, -0.2) is 0 Å². The van der Waals surface area contributed by atoms with Gasteiger partial charge in [0.1, 0.15) is 0 Å². The molecule has 1 amide bonds. The third-order valence-corrected chi connectivity index (χ3v) is 3.87. The number of ketones is 1. The van der Waals surface area contributed by atoms with Gasteiger partial charge in [0, 0.05) is 19.6 Å². The van der Waals surface area contributed by atoms with E-state index in [0.29, 0.717) is 6.42 Å². The van der Waals surface area contributed by atoms with Crippen LogP contribution in [0.25, 0.3) is 0 Å². The molecule has 1 aromatic rings. The van der Waals surface area contributed by atoms with Crippen LogP contribution in [0, 0.1) is 5.92 Å². The standard InChI is InChI=1S/C18H23NO4/c1-12(2)11-14(21)15-16(13-7-4-3-5-8-13)19(9-6-10-20)18(23)17(15)22/h3-5,7-8,12,16,20,22H,6,9-11H2,1-2H3. The summed E-state index contributed by atoms with van der Waals surface area (Å²) in [5.74, 6) is -1.06. The van der Waals surface area contributed by atoms with E-state index in [1.54, 1.807) is 0 Å². The van der Waals surface area contributed by atoms with E-state index in [1.165, 1.54) is 4.90 Å². The normalized spacial score (nSPS) is 18.2. The number of aliphatic hydroxyl groups is 2. The molecule has 2 rings (SSSR count). The fourth-order valence-electron chi connectivity index (χ4n) is 2.87. The maximum Gasteiger partial charge on any atom is 0.290 e. The highest BCUT2D eigenvalue weighted by Gasteiger charge is 2.42. The van der Waals surface area contributed by atoms with Crippen LogP contribution >= 0.6 is 0 Å². The number of rotatable bonds is 7. The average molecular weight is 317 g/mol. The molecule has 0 saturated carbocycles. The number of nitrogens with zero attached hydrogens (tertiary/aromatic N) is 1. The fraction of sp³-hybridized carbons (Fsp3) is 0.444. The van der Waals surface area contributed by atoms with Crippen LogP contribution in [-0.2, 0) is 9.59 Å². The third kappa shape index (κ3) is 3.62. The maximum atomic E-state index is 12.6. The van der Waals surface area contributed by atoms with Crippen molar-refractivity contribution in [1.82, 2.24) is 4.90 Å². The predicted octanol–water partition coefficient (Wildman–Crippen LogP) is 2.38. The number of hydrogen-bond donors (Lipinski definition) is 2. The zero-order valence-electron chi connectivity index (χ0n) is 13.5. The Balaban J connectivity index is 2.43.